The number of nitrogens with zero attached hydrogens (tertiary/aromatic N) is 1. The van der Waals surface area contributed by atoms with Gasteiger partial charge in [0.15, 0.2) is 0 Å². The van der Waals surface area contributed by atoms with Crippen LogP contribution in [0.5, 0.6) is 5.75 Å². The number of hydrogen-bond acceptors (Lipinski definition) is 3. The van der Waals surface area contributed by atoms with Crippen molar-refractivity contribution in [1.82, 2.24) is 4.57 Å². The first-order valence-electron chi connectivity index (χ1n) is 6.81. The average Bonchev–Trinajstić information content (AvgIpc) is 2.44. The third-order valence-electron chi connectivity index (χ3n) is 2.93. The van der Waals surface area contributed by atoms with Crippen molar-refractivity contribution in [3.63, 3.8) is 0 Å². The number of aryl methyl sites for hydroxylation is 1. The second-order valence-corrected chi connectivity index (χ2v) is 5.53. The number of carbonyl (C=O) groups is 1. The maximum Gasteiger partial charge on any atom is 0.255 e. The third-order valence-corrected chi connectivity index (χ3v) is 3.24. The lowest BCUT2D eigenvalue weighted by atomic mass is 10.2. The van der Waals surface area contributed by atoms with E-state index in [1.54, 1.807) is 37.5 Å². The van der Waals surface area contributed by atoms with E-state index in [1.165, 1.54) is 10.6 Å². The second kappa shape index (κ2) is 6.66. The Morgan fingerprint density at radius 3 is 2.59 bits per heavy atom. The first kappa shape index (κ1) is 16.1. The molecule has 1 heterocycles. The quantitative estimate of drug-likeness (QED) is 0.941. The zero-order chi connectivity index (χ0) is 16.3. The Morgan fingerprint density at radius 2 is 2.00 bits per heavy atom. The highest BCUT2D eigenvalue weighted by molar-refractivity contribution is 6.34. The molecule has 2 rings (SSSR count). The predicted molar refractivity (Wildman–Crippen MR) is 86.9 cm³/mol. The molecule has 22 heavy (non-hydrogen) atoms. The van der Waals surface area contributed by atoms with Crippen molar-refractivity contribution in [2.75, 3.05) is 5.32 Å². The molecule has 2 aromatic rings. The van der Waals surface area contributed by atoms with Crippen molar-refractivity contribution < 1.29 is 9.53 Å². The molecule has 0 atom stereocenters. The fourth-order valence-electron chi connectivity index (χ4n) is 1.83. The summed E-state index contributed by atoms with van der Waals surface area (Å²) in [5.41, 5.74) is 0.490. The van der Waals surface area contributed by atoms with Crippen molar-refractivity contribution in [2.45, 2.75) is 20.0 Å². The molecule has 0 aliphatic heterocycles. The summed E-state index contributed by atoms with van der Waals surface area (Å²) in [6.45, 7) is 3.83. The van der Waals surface area contributed by atoms with Gasteiger partial charge < -0.3 is 14.6 Å². The maximum atomic E-state index is 12.1. The van der Waals surface area contributed by atoms with Gasteiger partial charge in [0.05, 0.1) is 16.8 Å². The van der Waals surface area contributed by atoms with Gasteiger partial charge in [0.1, 0.15) is 5.75 Å². The van der Waals surface area contributed by atoms with Gasteiger partial charge in [-0.3, -0.25) is 9.59 Å². The summed E-state index contributed by atoms with van der Waals surface area (Å²) in [7, 11) is 1.62. The summed E-state index contributed by atoms with van der Waals surface area (Å²) in [5.74, 6) is 0.240. The standard InChI is InChI=1S/C16H17ClN2O3/c1-10(2)22-12-4-5-14(13(17)9-12)18-16(21)11-6-7-19(3)15(20)8-11/h4-10H,1-3H3,(H,18,21). The topological polar surface area (TPSA) is 60.3 Å². The van der Waals surface area contributed by atoms with Crippen LogP contribution in [0.3, 0.4) is 0 Å². The Balaban J connectivity index is 2.17. The number of anilines is 1. The number of rotatable bonds is 4. The number of aromatic nitrogens is 1. The van der Waals surface area contributed by atoms with Gasteiger partial charge in [0, 0.05) is 30.9 Å². The number of nitrogens with one attached hydrogen (secondary N) is 1. The van der Waals surface area contributed by atoms with Gasteiger partial charge in [-0.25, -0.2) is 0 Å². The van der Waals surface area contributed by atoms with Gasteiger partial charge in [-0.1, -0.05) is 11.6 Å². The first-order chi connectivity index (χ1) is 10.4. The van der Waals surface area contributed by atoms with Gasteiger partial charge in [0.2, 0.25) is 0 Å². The van der Waals surface area contributed by atoms with Crippen LogP contribution in [-0.2, 0) is 7.05 Å². The highest BCUT2D eigenvalue weighted by Gasteiger charge is 2.10. The SMILES string of the molecule is CC(C)Oc1ccc(NC(=O)c2ccn(C)c(=O)c2)c(Cl)c1. The molecule has 5 nitrogen and oxygen atoms in total. The van der Waals surface area contributed by atoms with E-state index < -0.39 is 5.91 Å². The fourth-order valence-corrected chi connectivity index (χ4v) is 2.04. The van der Waals surface area contributed by atoms with E-state index in [2.05, 4.69) is 5.32 Å². The minimum atomic E-state index is -0.392. The molecule has 0 radical (unpaired) electrons. The van der Waals surface area contributed by atoms with Crippen LogP contribution in [0.4, 0.5) is 5.69 Å². The van der Waals surface area contributed by atoms with Crippen molar-refractivity contribution in [3.05, 3.63) is 57.5 Å². The summed E-state index contributed by atoms with van der Waals surface area (Å²) in [6, 6.07) is 7.88. The Hall–Kier alpha value is -2.27. The molecule has 1 aromatic carbocycles. The van der Waals surface area contributed by atoms with Crippen LogP contribution < -0.4 is 15.6 Å². The Bertz CT molecular complexity index is 753. The van der Waals surface area contributed by atoms with Crippen molar-refractivity contribution in [1.29, 1.82) is 0 Å². The molecular formula is C16H17ClN2O3. The molecule has 0 unspecified atom stereocenters. The van der Waals surface area contributed by atoms with E-state index in [0.717, 1.165) is 0 Å². The van der Waals surface area contributed by atoms with Crippen LogP contribution >= 0.6 is 11.6 Å². The third kappa shape index (κ3) is 3.89. The molecule has 0 aliphatic rings. The number of halogens is 1. The molecule has 0 spiro atoms. The zero-order valence-corrected chi connectivity index (χ0v) is 13.3. The monoisotopic (exact) mass is 320 g/mol. The number of amides is 1. The molecule has 0 saturated heterocycles. The second-order valence-electron chi connectivity index (χ2n) is 5.13. The van der Waals surface area contributed by atoms with E-state index in [4.69, 9.17) is 16.3 Å². The van der Waals surface area contributed by atoms with Crippen molar-refractivity contribution in [3.8, 4) is 5.75 Å². The van der Waals surface area contributed by atoms with Gasteiger partial charge in [-0.15, -0.1) is 0 Å². The summed E-state index contributed by atoms with van der Waals surface area (Å²) < 4.78 is 6.92. The first-order valence-corrected chi connectivity index (χ1v) is 7.19. The molecule has 116 valence electrons. The lowest BCUT2D eigenvalue weighted by Gasteiger charge is -2.12. The maximum absolute atomic E-state index is 12.1. The number of carbonyl (C=O) groups excluding carboxylic acids is 1. The lowest BCUT2D eigenvalue weighted by Crippen LogP contribution is -2.20. The van der Waals surface area contributed by atoms with Gasteiger partial charge in [0.25, 0.3) is 11.5 Å². The summed E-state index contributed by atoms with van der Waals surface area (Å²) in [6.07, 6.45) is 1.58. The molecule has 1 amide bonds. The van der Waals surface area contributed by atoms with Crippen molar-refractivity contribution in [2.24, 2.45) is 7.05 Å². The van der Waals surface area contributed by atoms with E-state index in [0.29, 0.717) is 16.5 Å². The fraction of sp³-hybridized carbons (Fsp3) is 0.250. The Kier molecular flexibility index (Phi) is 4.88. The smallest absolute Gasteiger partial charge is 0.255 e. The molecule has 1 aromatic heterocycles. The van der Waals surface area contributed by atoms with E-state index in [9.17, 15) is 9.59 Å². The number of pyridine rings is 1. The molecule has 0 saturated carbocycles. The van der Waals surface area contributed by atoms with Crippen LogP contribution in [0.25, 0.3) is 0 Å². The molecule has 0 bridgehead atoms. The summed E-state index contributed by atoms with van der Waals surface area (Å²) in [4.78, 5) is 23.7. The number of hydrogen-bond donors (Lipinski definition) is 1. The normalized spacial score (nSPS) is 10.6. The average molecular weight is 321 g/mol. The minimum Gasteiger partial charge on any atom is -0.491 e. The lowest BCUT2D eigenvalue weighted by molar-refractivity contribution is 0.102. The molecule has 6 heteroatoms. The van der Waals surface area contributed by atoms with Gasteiger partial charge in [-0.2, -0.15) is 0 Å². The van der Waals surface area contributed by atoms with Crippen LogP contribution in [0.2, 0.25) is 5.02 Å². The largest absolute Gasteiger partial charge is 0.491 e. The molecule has 0 fully saturated rings. The van der Waals surface area contributed by atoms with Crippen LogP contribution in [0, 0.1) is 0 Å². The zero-order valence-electron chi connectivity index (χ0n) is 12.6. The Morgan fingerprint density at radius 1 is 1.27 bits per heavy atom. The van der Waals surface area contributed by atoms with E-state index >= 15 is 0 Å². The predicted octanol–water partition coefficient (Wildman–Crippen LogP) is 3.08. The summed E-state index contributed by atoms with van der Waals surface area (Å²) >= 11 is 6.14. The van der Waals surface area contributed by atoms with E-state index in [-0.39, 0.29) is 17.2 Å². The summed E-state index contributed by atoms with van der Waals surface area (Å²) in [5, 5.41) is 3.05. The van der Waals surface area contributed by atoms with E-state index in [1.807, 2.05) is 13.8 Å². The Labute approximate surface area is 133 Å². The highest BCUT2D eigenvalue weighted by atomic mass is 35.5. The minimum absolute atomic E-state index is 0.0389. The molecular weight excluding hydrogens is 304 g/mol. The highest BCUT2D eigenvalue weighted by Crippen LogP contribution is 2.27. The van der Waals surface area contributed by atoms with Crippen LogP contribution in [0.15, 0.2) is 41.3 Å². The van der Waals surface area contributed by atoms with Crippen LogP contribution in [0.1, 0.15) is 24.2 Å². The van der Waals surface area contributed by atoms with Gasteiger partial charge >= 0.3 is 0 Å². The van der Waals surface area contributed by atoms with Gasteiger partial charge in [-0.05, 0) is 32.0 Å². The molecule has 0 aliphatic carbocycles. The number of benzene rings is 1. The number of ether oxygens (including phenoxy) is 1. The van der Waals surface area contributed by atoms with Crippen LogP contribution in [-0.4, -0.2) is 16.6 Å². The van der Waals surface area contributed by atoms with Crippen molar-refractivity contribution >= 4 is 23.2 Å². The molecule has 1 N–H and O–H groups in total.